The lowest BCUT2D eigenvalue weighted by molar-refractivity contribution is 0.0302. The number of aliphatic hydroxyl groups is 1. The van der Waals surface area contributed by atoms with Crippen LogP contribution in [0.25, 0.3) is 11.4 Å². The molecule has 126 valence electrons. The highest BCUT2D eigenvalue weighted by molar-refractivity contribution is 7.08. The predicted molar refractivity (Wildman–Crippen MR) is 90.2 cm³/mol. The van der Waals surface area contributed by atoms with E-state index in [4.69, 9.17) is 4.52 Å². The van der Waals surface area contributed by atoms with Crippen molar-refractivity contribution in [3.8, 4) is 11.4 Å². The van der Waals surface area contributed by atoms with E-state index < -0.39 is 0 Å². The van der Waals surface area contributed by atoms with Crippen LogP contribution in [0.15, 0.2) is 21.3 Å². The van der Waals surface area contributed by atoms with Crippen molar-refractivity contribution in [3.05, 3.63) is 22.7 Å². The van der Waals surface area contributed by atoms with Crippen molar-refractivity contribution in [1.82, 2.24) is 19.9 Å². The van der Waals surface area contributed by atoms with Gasteiger partial charge in [-0.15, -0.1) is 0 Å². The van der Waals surface area contributed by atoms with Gasteiger partial charge in [-0.2, -0.15) is 16.3 Å². The number of rotatable bonds is 6. The van der Waals surface area contributed by atoms with Gasteiger partial charge in [-0.3, -0.25) is 9.80 Å². The van der Waals surface area contributed by atoms with Gasteiger partial charge < -0.3 is 9.63 Å². The summed E-state index contributed by atoms with van der Waals surface area (Å²) in [6.45, 7) is 8.38. The fraction of sp³-hybridized carbons (Fsp3) is 0.625. The van der Waals surface area contributed by atoms with E-state index in [1.807, 2.05) is 23.8 Å². The highest BCUT2D eigenvalue weighted by atomic mass is 32.1. The van der Waals surface area contributed by atoms with Gasteiger partial charge in [0.05, 0.1) is 12.6 Å². The fourth-order valence-electron chi connectivity index (χ4n) is 3.09. The largest absolute Gasteiger partial charge is 0.392 e. The number of piperazine rings is 1. The first-order valence-electron chi connectivity index (χ1n) is 8.15. The third kappa shape index (κ3) is 4.17. The first-order valence-corrected chi connectivity index (χ1v) is 9.09. The molecule has 0 amide bonds. The Labute approximate surface area is 140 Å². The van der Waals surface area contributed by atoms with Crippen molar-refractivity contribution in [3.63, 3.8) is 0 Å². The molecule has 1 aliphatic heterocycles. The monoisotopic (exact) mass is 336 g/mol. The smallest absolute Gasteiger partial charge is 0.241 e. The number of nitrogens with zero attached hydrogens (tertiary/aromatic N) is 4. The Hall–Kier alpha value is -1.28. The topological polar surface area (TPSA) is 65.6 Å². The van der Waals surface area contributed by atoms with Gasteiger partial charge in [0.25, 0.3) is 0 Å². The Morgan fingerprint density at radius 3 is 3.04 bits per heavy atom. The lowest BCUT2D eigenvalue weighted by atomic mass is 10.1. The van der Waals surface area contributed by atoms with Crippen LogP contribution in [0.5, 0.6) is 0 Å². The number of thiophene rings is 1. The molecule has 6 nitrogen and oxygen atoms in total. The highest BCUT2D eigenvalue weighted by Crippen LogP contribution is 2.20. The molecule has 0 aliphatic carbocycles. The van der Waals surface area contributed by atoms with E-state index in [1.54, 1.807) is 11.3 Å². The van der Waals surface area contributed by atoms with Crippen molar-refractivity contribution in [2.24, 2.45) is 0 Å². The molecular formula is C16H24N4O2S. The maximum Gasteiger partial charge on any atom is 0.241 e. The van der Waals surface area contributed by atoms with E-state index >= 15 is 0 Å². The molecule has 1 saturated heterocycles. The first-order chi connectivity index (χ1) is 11.2. The Morgan fingerprint density at radius 1 is 1.48 bits per heavy atom. The molecule has 2 aromatic rings. The van der Waals surface area contributed by atoms with Crippen LogP contribution >= 0.6 is 11.3 Å². The second-order valence-corrected chi connectivity index (χ2v) is 6.94. The molecular weight excluding hydrogens is 312 g/mol. The lowest BCUT2D eigenvalue weighted by Crippen LogP contribution is -2.54. The van der Waals surface area contributed by atoms with Crippen molar-refractivity contribution in [2.45, 2.75) is 39.0 Å². The zero-order valence-electron chi connectivity index (χ0n) is 13.7. The van der Waals surface area contributed by atoms with Crippen LogP contribution < -0.4 is 0 Å². The fourth-order valence-corrected chi connectivity index (χ4v) is 3.72. The molecule has 7 heteroatoms. The maximum absolute atomic E-state index is 9.62. The Kier molecular flexibility index (Phi) is 5.42. The number of hydrogen-bond donors (Lipinski definition) is 1. The molecule has 0 unspecified atom stereocenters. The zero-order valence-corrected chi connectivity index (χ0v) is 14.5. The van der Waals surface area contributed by atoms with Crippen LogP contribution in [0.4, 0.5) is 0 Å². The first kappa shape index (κ1) is 16.6. The van der Waals surface area contributed by atoms with Gasteiger partial charge in [0.2, 0.25) is 11.7 Å². The summed E-state index contributed by atoms with van der Waals surface area (Å²) in [5, 5.41) is 17.7. The average molecular weight is 336 g/mol. The van der Waals surface area contributed by atoms with Crippen molar-refractivity contribution in [2.75, 3.05) is 26.2 Å². The van der Waals surface area contributed by atoms with Gasteiger partial charge in [0.1, 0.15) is 0 Å². The zero-order chi connectivity index (χ0) is 16.2. The molecule has 23 heavy (non-hydrogen) atoms. The summed E-state index contributed by atoms with van der Waals surface area (Å²) in [5.74, 6) is 1.34. The number of β-amino-alcohol motifs (C(OH)–C–C–N with tert-alkyl or cyclic N) is 1. The summed E-state index contributed by atoms with van der Waals surface area (Å²) in [6, 6.07) is 2.47. The molecule has 1 fully saturated rings. The molecule has 0 spiro atoms. The highest BCUT2D eigenvalue weighted by Gasteiger charge is 2.27. The summed E-state index contributed by atoms with van der Waals surface area (Å²) in [7, 11) is 0. The molecule has 0 saturated carbocycles. The minimum absolute atomic E-state index is 0.278. The summed E-state index contributed by atoms with van der Waals surface area (Å²) in [4.78, 5) is 9.24. The van der Waals surface area contributed by atoms with Crippen molar-refractivity contribution < 1.29 is 9.63 Å². The Bertz CT molecular complexity index is 599. The standard InChI is InChI=1S/C16H24N4O2S/c1-3-14-9-19(5-6-20(14)8-12(2)21)10-15-17-16(18-22-15)13-4-7-23-11-13/h4,7,11-12,14,21H,3,5-6,8-10H2,1-2H3/t12-,14+/m1/s1. The summed E-state index contributed by atoms with van der Waals surface area (Å²) in [5.41, 5.74) is 1.01. The third-order valence-corrected chi connectivity index (χ3v) is 4.95. The van der Waals surface area contributed by atoms with E-state index in [9.17, 15) is 5.11 Å². The van der Waals surface area contributed by atoms with Crippen molar-refractivity contribution >= 4 is 11.3 Å². The number of aromatic nitrogens is 2. The van der Waals surface area contributed by atoms with Crippen molar-refractivity contribution in [1.29, 1.82) is 0 Å². The van der Waals surface area contributed by atoms with Gasteiger partial charge >= 0.3 is 0 Å². The molecule has 2 aromatic heterocycles. The Morgan fingerprint density at radius 2 is 2.35 bits per heavy atom. The maximum atomic E-state index is 9.62. The molecule has 2 atom stereocenters. The van der Waals surface area contributed by atoms with Crippen LogP contribution in [0.1, 0.15) is 26.2 Å². The second kappa shape index (κ2) is 7.53. The van der Waals surface area contributed by atoms with Crippen LogP contribution in [0.2, 0.25) is 0 Å². The summed E-state index contributed by atoms with van der Waals surface area (Å²) >= 11 is 1.63. The minimum atomic E-state index is -0.278. The van der Waals surface area contributed by atoms with Crippen LogP contribution in [-0.2, 0) is 6.54 Å². The Balaban J connectivity index is 1.59. The molecule has 1 aliphatic rings. The summed E-state index contributed by atoms with van der Waals surface area (Å²) in [6.07, 6.45) is 0.799. The average Bonchev–Trinajstić information content (AvgIpc) is 3.19. The van der Waals surface area contributed by atoms with Gasteiger partial charge in [-0.05, 0) is 24.8 Å². The van der Waals surface area contributed by atoms with E-state index in [2.05, 4.69) is 26.9 Å². The molecule has 1 N–H and O–H groups in total. The summed E-state index contributed by atoms with van der Waals surface area (Å²) < 4.78 is 5.40. The SMILES string of the molecule is CC[C@H]1CN(Cc2nc(-c3ccsc3)no2)CCN1C[C@@H](C)O. The molecule has 0 radical (unpaired) electrons. The third-order valence-electron chi connectivity index (χ3n) is 4.27. The van der Waals surface area contributed by atoms with Gasteiger partial charge in [-0.25, -0.2) is 0 Å². The van der Waals surface area contributed by atoms with E-state index in [0.29, 0.717) is 24.3 Å². The predicted octanol–water partition coefficient (Wildman–Crippen LogP) is 2.08. The second-order valence-electron chi connectivity index (χ2n) is 6.16. The van der Waals surface area contributed by atoms with Gasteiger partial charge in [-0.1, -0.05) is 12.1 Å². The van der Waals surface area contributed by atoms with E-state index in [1.165, 1.54) is 0 Å². The van der Waals surface area contributed by atoms with Gasteiger partial charge in [0, 0.05) is 43.2 Å². The van der Waals surface area contributed by atoms with Gasteiger partial charge in [0.15, 0.2) is 0 Å². The molecule has 0 bridgehead atoms. The minimum Gasteiger partial charge on any atom is -0.392 e. The molecule has 3 rings (SSSR count). The quantitative estimate of drug-likeness (QED) is 0.871. The lowest BCUT2D eigenvalue weighted by Gasteiger charge is -2.41. The van der Waals surface area contributed by atoms with Crippen LogP contribution in [0.3, 0.4) is 0 Å². The molecule has 3 heterocycles. The van der Waals surface area contributed by atoms with E-state index in [-0.39, 0.29) is 6.10 Å². The van der Waals surface area contributed by atoms with E-state index in [0.717, 1.165) is 38.2 Å². The normalized spacial score (nSPS) is 21.6. The number of hydrogen-bond acceptors (Lipinski definition) is 7. The van der Waals surface area contributed by atoms with Crippen LogP contribution in [0, 0.1) is 0 Å². The number of aliphatic hydroxyl groups excluding tert-OH is 1. The van der Waals surface area contributed by atoms with Crippen LogP contribution in [-0.4, -0.2) is 63.4 Å². The molecule has 0 aromatic carbocycles.